The number of rotatable bonds is 4. The van der Waals surface area contributed by atoms with E-state index in [4.69, 9.17) is 16.7 Å². The third kappa shape index (κ3) is 3.41. The summed E-state index contributed by atoms with van der Waals surface area (Å²) in [4.78, 5) is -0.212. The highest BCUT2D eigenvalue weighted by atomic mass is 35.5. The van der Waals surface area contributed by atoms with Gasteiger partial charge in [0.05, 0.1) is 11.1 Å². The van der Waals surface area contributed by atoms with Crippen LogP contribution in [0.2, 0.25) is 5.02 Å². The van der Waals surface area contributed by atoms with Gasteiger partial charge in [-0.1, -0.05) is 11.6 Å². The number of benzene rings is 1. The summed E-state index contributed by atoms with van der Waals surface area (Å²) in [6.45, 7) is 1.31. The first kappa shape index (κ1) is 13.4. The second kappa shape index (κ2) is 5.09. The van der Waals surface area contributed by atoms with Crippen molar-refractivity contribution in [2.45, 2.75) is 17.9 Å². The van der Waals surface area contributed by atoms with E-state index < -0.39 is 21.9 Å². The first-order chi connectivity index (χ1) is 7.33. The van der Waals surface area contributed by atoms with Crippen LogP contribution < -0.4 is 4.72 Å². The van der Waals surface area contributed by atoms with Gasteiger partial charge in [-0.25, -0.2) is 17.5 Å². The van der Waals surface area contributed by atoms with E-state index in [2.05, 4.69) is 4.72 Å². The molecule has 1 aromatic carbocycles. The molecule has 1 atom stereocenters. The standard InChI is InChI=1S/C9H11ClFNO3S/c1-6(13)5-12-16(14,15)9-3-2-7(11)4-8(9)10/h2-4,6,12-13H,5H2,1H3/t6-/m1/s1. The van der Waals surface area contributed by atoms with Gasteiger partial charge in [0.25, 0.3) is 0 Å². The van der Waals surface area contributed by atoms with Gasteiger partial charge in [-0.15, -0.1) is 0 Å². The molecule has 0 amide bonds. The SMILES string of the molecule is C[C@@H](O)CNS(=O)(=O)c1ccc(F)cc1Cl. The summed E-state index contributed by atoms with van der Waals surface area (Å²) >= 11 is 5.61. The van der Waals surface area contributed by atoms with Crippen molar-refractivity contribution in [2.24, 2.45) is 0 Å². The minimum atomic E-state index is -3.81. The highest BCUT2D eigenvalue weighted by Crippen LogP contribution is 2.21. The van der Waals surface area contributed by atoms with Gasteiger partial charge in [-0.2, -0.15) is 0 Å². The van der Waals surface area contributed by atoms with Gasteiger partial charge in [0, 0.05) is 6.54 Å². The Hall–Kier alpha value is -0.690. The fourth-order valence-corrected chi connectivity index (χ4v) is 2.65. The largest absolute Gasteiger partial charge is 0.392 e. The molecule has 0 saturated carbocycles. The maximum Gasteiger partial charge on any atom is 0.242 e. The van der Waals surface area contributed by atoms with E-state index in [1.807, 2.05) is 0 Å². The summed E-state index contributed by atoms with van der Waals surface area (Å²) < 4.78 is 38.1. The lowest BCUT2D eigenvalue weighted by Crippen LogP contribution is -2.30. The van der Waals surface area contributed by atoms with Crippen molar-refractivity contribution in [1.82, 2.24) is 4.72 Å². The van der Waals surface area contributed by atoms with Crippen LogP contribution in [0.5, 0.6) is 0 Å². The average Bonchev–Trinajstić information content (AvgIpc) is 2.14. The van der Waals surface area contributed by atoms with Crippen LogP contribution in [0.25, 0.3) is 0 Å². The Bertz CT molecular complexity index is 476. The van der Waals surface area contributed by atoms with Crippen LogP contribution in [-0.2, 0) is 10.0 Å². The molecule has 0 bridgehead atoms. The molecule has 2 N–H and O–H groups in total. The topological polar surface area (TPSA) is 66.4 Å². The molecule has 7 heteroatoms. The van der Waals surface area contributed by atoms with Crippen LogP contribution in [0, 0.1) is 5.82 Å². The molecule has 0 unspecified atom stereocenters. The Labute approximate surface area is 98.1 Å². The van der Waals surface area contributed by atoms with Crippen molar-refractivity contribution in [2.75, 3.05) is 6.54 Å². The molecule has 1 aromatic rings. The van der Waals surface area contributed by atoms with Crippen LogP contribution in [0.3, 0.4) is 0 Å². The molecule has 16 heavy (non-hydrogen) atoms. The Morgan fingerprint density at radius 3 is 2.69 bits per heavy atom. The summed E-state index contributed by atoms with van der Waals surface area (Å²) in [5, 5.41) is 8.76. The van der Waals surface area contributed by atoms with Crippen molar-refractivity contribution in [3.63, 3.8) is 0 Å². The molecule has 0 aliphatic carbocycles. The summed E-state index contributed by atoms with van der Waals surface area (Å²) in [6.07, 6.45) is -0.811. The number of sulfonamides is 1. The lowest BCUT2D eigenvalue weighted by atomic mass is 10.3. The minimum absolute atomic E-state index is 0.129. The van der Waals surface area contributed by atoms with E-state index in [1.54, 1.807) is 0 Å². The summed E-state index contributed by atoms with van der Waals surface area (Å²) in [7, 11) is -3.81. The van der Waals surface area contributed by atoms with Gasteiger partial charge >= 0.3 is 0 Å². The molecule has 0 spiro atoms. The summed E-state index contributed by atoms with van der Waals surface area (Å²) in [5.41, 5.74) is 0. The van der Waals surface area contributed by atoms with Gasteiger partial charge in [0.15, 0.2) is 0 Å². The van der Waals surface area contributed by atoms with E-state index in [0.29, 0.717) is 0 Å². The molecule has 0 saturated heterocycles. The quantitative estimate of drug-likeness (QED) is 0.860. The zero-order valence-electron chi connectivity index (χ0n) is 8.44. The highest BCUT2D eigenvalue weighted by Gasteiger charge is 2.18. The van der Waals surface area contributed by atoms with Gasteiger partial charge < -0.3 is 5.11 Å². The maximum absolute atomic E-state index is 12.7. The van der Waals surface area contributed by atoms with Gasteiger partial charge in [0.1, 0.15) is 10.7 Å². The second-order valence-electron chi connectivity index (χ2n) is 3.28. The van der Waals surface area contributed by atoms with Crippen LogP contribution in [0.15, 0.2) is 23.1 Å². The molecule has 0 fully saturated rings. The van der Waals surface area contributed by atoms with Crippen molar-refractivity contribution in [3.8, 4) is 0 Å². The second-order valence-corrected chi connectivity index (χ2v) is 5.42. The van der Waals surface area contributed by atoms with E-state index in [-0.39, 0.29) is 16.5 Å². The van der Waals surface area contributed by atoms with E-state index in [0.717, 1.165) is 18.2 Å². The number of aliphatic hydroxyl groups excluding tert-OH is 1. The number of aliphatic hydroxyl groups is 1. The molecule has 0 aliphatic rings. The Morgan fingerprint density at radius 2 is 2.19 bits per heavy atom. The molecule has 0 radical (unpaired) electrons. The van der Waals surface area contributed by atoms with Crippen molar-refractivity contribution < 1.29 is 17.9 Å². The van der Waals surface area contributed by atoms with Crippen LogP contribution >= 0.6 is 11.6 Å². The first-order valence-electron chi connectivity index (χ1n) is 4.45. The van der Waals surface area contributed by atoms with Crippen molar-refractivity contribution >= 4 is 21.6 Å². The van der Waals surface area contributed by atoms with E-state index in [9.17, 15) is 12.8 Å². The Kier molecular flexibility index (Phi) is 4.26. The molecule has 1 rings (SSSR count). The number of hydrogen-bond acceptors (Lipinski definition) is 3. The molecule has 0 aliphatic heterocycles. The number of hydrogen-bond donors (Lipinski definition) is 2. The lowest BCUT2D eigenvalue weighted by Gasteiger charge is -2.09. The Morgan fingerprint density at radius 1 is 1.56 bits per heavy atom. The zero-order valence-corrected chi connectivity index (χ0v) is 10.0. The molecule has 90 valence electrons. The first-order valence-corrected chi connectivity index (χ1v) is 6.32. The number of nitrogens with one attached hydrogen (secondary N) is 1. The van der Waals surface area contributed by atoms with Gasteiger partial charge in [-0.05, 0) is 25.1 Å². The summed E-state index contributed by atoms with van der Waals surface area (Å²) in [5.74, 6) is -0.612. The third-order valence-corrected chi connectivity index (χ3v) is 3.66. The Balaban J connectivity index is 2.99. The van der Waals surface area contributed by atoms with E-state index >= 15 is 0 Å². The van der Waals surface area contributed by atoms with E-state index in [1.165, 1.54) is 6.92 Å². The monoisotopic (exact) mass is 267 g/mol. The van der Waals surface area contributed by atoms with Crippen LogP contribution in [0.1, 0.15) is 6.92 Å². The molecular weight excluding hydrogens is 257 g/mol. The molecular formula is C9H11ClFNO3S. The molecule has 0 aromatic heterocycles. The molecule has 4 nitrogen and oxygen atoms in total. The normalized spacial score (nSPS) is 13.8. The average molecular weight is 268 g/mol. The fourth-order valence-electron chi connectivity index (χ4n) is 1.00. The van der Waals surface area contributed by atoms with Gasteiger partial charge in [-0.3, -0.25) is 0 Å². The predicted molar refractivity (Wildman–Crippen MR) is 58.3 cm³/mol. The third-order valence-electron chi connectivity index (χ3n) is 1.75. The summed E-state index contributed by atoms with van der Waals surface area (Å²) in [6, 6.07) is 2.99. The zero-order chi connectivity index (χ0) is 12.3. The van der Waals surface area contributed by atoms with Crippen LogP contribution in [0.4, 0.5) is 4.39 Å². The fraction of sp³-hybridized carbons (Fsp3) is 0.333. The molecule has 0 heterocycles. The van der Waals surface area contributed by atoms with Crippen LogP contribution in [-0.4, -0.2) is 26.2 Å². The smallest absolute Gasteiger partial charge is 0.242 e. The van der Waals surface area contributed by atoms with Crippen molar-refractivity contribution in [1.29, 1.82) is 0 Å². The minimum Gasteiger partial charge on any atom is -0.392 e. The number of halogens is 2. The van der Waals surface area contributed by atoms with Gasteiger partial charge in [0.2, 0.25) is 10.0 Å². The predicted octanol–water partition coefficient (Wildman–Crippen LogP) is 1.14. The highest BCUT2D eigenvalue weighted by molar-refractivity contribution is 7.89. The lowest BCUT2D eigenvalue weighted by molar-refractivity contribution is 0.198. The van der Waals surface area contributed by atoms with Crippen molar-refractivity contribution in [3.05, 3.63) is 29.0 Å². The maximum atomic E-state index is 12.7.